The van der Waals surface area contributed by atoms with Gasteiger partial charge in [-0.15, -0.1) is 0 Å². The third-order valence-corrected chi connectivity index (χ3v) is 4.17. The van der Waals surface area contributed by atoms with Crippen LogP contribution in [0.3, 0.4) is 0 Å². The van der Waals surface area contributed by atoms with Gasteiger partial charge >= 0.3 is 5.97 Å². The van der Waals surface area contributed by atoms with E-state index in [4.69, 9.17) is 14.3 Å². The van der Waals surface area contributed by atoms with Gasteiger partial charge in [-0.1, -0.05) is 30.6 Å². The smallest absolute Gasteiger partial charge is 0.305 e. The average molecular weight is 402 g/mol. The van der Waals surface area contributed by atoms with Crippen molar-refractivity contribution in [2.24, 2.45) is 5.16 Å². The number of esters is 1. The van der Waals surface area contributed by atoms with Crippen LogP contribution in [0.2, 0.25) is 0 Å². The third-order valence-electron chi connectivity index (χ3n) is 4.17. The first-order valence-corrected chi connectivity index (χ1v) is 10.3. The maximum absolute atomic E-state index is 11.4. The third kappa shape index (κ3) is 8.81. The number of unbranched alkanes of at least 4 members (excludes halogenated alkanes) is 2. The molecule has 2 aromatic rings. The second-order valence-corrected chi connectivity index (χ2v) is 6.60. The van der Waals surface area contributed by atoms with Gasteiger partial charge in [0.2, 0.25) is 0 Å². The minimum Gasteiger partial charge on any atom is -0.494 e. The molecule has 0 bridgehead atoms. The van der Waals surface area contributed by atoms with Crippen LogP contribution in [-0.4, -0.2) is 41.1 Å². The van der Waals surface area contributed by atoms with Gasteiger partial charge in [-0.25, -0.2) is 4.98 Å². The maximum Gasteiger partial charge on any atom is 0.305 e. The molecule has 2 rings (SSSR count). The maximum atomic E-state index is 11.4. The van der Waals surface area contributed by atoms with E-state index < -0.39 is 0 Å². The zero-order chi connectivity index (χ0) is 20.7. The van der Waals surface area contributed by atoms with Gasteiger partial charge in [0.1, 0.15) is 18.1 Å². The quantitative estimate of drug-likeness (QED) is 0.205. The van der Waals surface area contributed by atoms with Gasteiger partial charge in [0.15, 0.2) is 0 Å². The van der Waals surface area contributed by atoms with Gasteiger partial charge in [0.05, 0.1) is 26.1 Å². The molecule has 0 unspecified atom stereocenters. The first-order valence-electron chi connectivity index (χ1n) is 10.3. The lowest BCUT2D eigenvalue weighted by Gasteiger charge is -2.11. The molecule has 7 nitrogen and oxygen atoms in total. The molecule has 0 radical (unpaired) electrons. The molecule has 0 aliphatic carbocycles. The summed E-state index contributed by atoms with van der Waals surface area (Å²) in [5.74, 6) is 0.653. The predicted octanol–water partition coefficient (Wildman–Crippen LogP) is 4.22. The topological polar surface area (TPSA) is 74.9 Å². The summed E-state index contributed by atoms with van der Waals surface area (Å²) in [5, 5.41) is 4.36. The normalized spacial score (nSPS) is 11.3. The minimum absolute atomic E-state index is 0.170. The minimum atomic E-state index is -0.170. The summed E-state index contributed by atoms with van der Waals surface area (Å²) in [4.78, 5) is 21.0. The Morgan fingerprint density at radius 2 is 2.07 bits per heavy atom. The van der Waals surface area contributed by atoms with E-state index in [0.29, 0.717) is 39.2 Å². The van der Waals surface area contributed by atoms with Crippen LogP contribution in [0.25, 0.3) is 0 Å². The van der Waals surface area contributed by atoms with Gasteiger partial charge in [-0.3, -0.25) is 4.79 Å². The molecular formula is C22H31N3O4. The number of carbonyl (C=O) groups excluding carboxylic acids is 1. The lowest BCUT2D eigenvalue weighted by atomic mass is 10.1. The number of hydrogen-bond acceptors (Lipinski definition) is 6. The summed E-state index contributed by atoms with van der Waals surface area (Å²) in [6, 6.07) is 7.88. The molecule has 0 spiro atoms. The lowest BCUT2D eigenvalue weighted by Crippen LogP contribution is -2.12. The molecule has 7 heteroatoms. The molecule has 0 aliphatic rings. The Labute approximate surface area is 172 Å². The molecule has 1 aromatic heterocycles. The first kappa shape index (κ1) is 22.5. The second-order valence-electron chi connectivity index (χ2n) is 6.60. The Balaban J connectivity index is 1.95. The van der Waals surface area contributed by atoms with Crippen LogP contribution in [0.4, 0.5) is 0 Å². The molecule has 0 aliphatic heterocycles. The van der Waals surface area contributed by atoms with Crippen LogP contribution < -0.4 is 4.74 Å². The first-order chi connectivity index (χ1) is 14.2. The van der Waals surface area contributed by atoms with Crippen molar-refractivity contribution in [1.82, 2.24) is 9.55 Å². The average Bonchev–Trinajstić information content (AvgIpc) is 3.23. The Kier molecular flexibility index (Phi) is 10.3. The van der Waals surface area contributed by atoms with E-state index in [0.717, 1.165) is 36.3 Å². The van der Waals surface area contributed by atoms with Crippen molar-refractivity contribution in [2.75, 3.05) is 19.8 Å². The van der Waals surface area contributed by atoms with E-state index in [1.807, 2.05) is 35.0 Å². The van der Waals surface area contributed by atoms with E-state index in [9.17, 15) is 4.79 Å². The fourth-order valence-electron chi connectivity index (χ4n) is 2.62. The fraction of sp³-hybridized carbons (Fsp3) is 0.500. The van der Waals surface area contributed by atoms with Gasteiger partial charge in [-0.2, -0.15) is 0 Å². The van der Waals surface area contributed by atoms with Gasteiger partial charge < -0.3 is 18.9 Å². The van der Waals surface area contributed by atoms with Crippen molar-refractivity contribution < 1.29 is 19.1 Å². The molecule has 0 amide bonds. The highest BCUT2D eigenvalue weighted by Crippen LogP contribution is 2.16. The molecular weight excluding hydrogens is 370 g/mol. The SMILES string of the molecule is CCCCOc1cccc(/C(Cn2ccnc2)=N/OCCCCC(=O)OCC)c1. The van der Waals surface area contributed by atoms with Crippen LogP contribution in [-0.2, 0) is 20.9 Å². The molecule has 1 heterocycles. The fourth-order valence-corrected chi connectivity index (χ4v) is 2.62. The Morgan fingerprint density at radius 3 is 2.83 bits per heavy atom. The molecule has 29 heavy (non-hydrogen) atoms. The van der Waals surface area contributed by atoms with Crippen molar-refractivity contribution in [2.45, 2.75) is 52.5 Å². The van der Waals surface area contributed by atoms with Crippen molar-refractivity contribution >= 4 is 11.7 Å². The lowest BCUT2D eigenvalue weighted by molar-refractivity contribution is -0.143. The second kappa shape index (κ2) is 13.4. The number of nitrogens with zero attached hydrogens (tertiary/aromatic N) is 3. The zero-order valence-corrected chi connectivity index (χ0v) is 17.4. The number of benzene rings is 1. The molecule has 0 saturated heterocycles. The number of carbonyl (C=O) groups is 1. The van der Waals surface area contributed by atoms with Crippen LogP contribution >= 0.6 is 0 Å². The van der Waals surface area contributed by atoms with Crippen LogP contribution in [0, 0.1) is 0 Å². The highest BCUT2D eigenvalue weighted by atomic mass is 16.6. The van der Waals surface area contributed by atoms with E-state index in [2.05, 4.69) is 17.1 Å². The van der Waals surface area contributed by atoms with E-state index in [-0.39, 0.29) is 5.97 Å². The Morgan fingerprint density at radius 1 is 1.17 bits per heavy atom. The highest BCUT2D eigenvalue weighted by Gasteiger charge is 2.08. The van der Waals surface area contributed by atoms with Crippen LogP contribution in [0.1, 0.15) is 51.5 Å². The Hall–Kier alpha value is -2.83. The van der Waals surface area contributed by atoms with Crippen molar-refractivity contribution in [3.63, 3.8) is 0 Å². The number of oxime groups is 1. The highest BCUT2D eigenvalue weighted by molar-refractivity contribution is 6.00. The summed E-state index contributed by atoms with van der Waals surface area (Å²) < 4.78 is 12.7. The van der Waals surface area contributed by atoms with Crippen molar-refractivity contribution in [3.8, 4) is 5.75 Å². The largest absolute Gasteiger partial charge is 0.494 e. The van der Waals surface area contributed by atoms with Crippen molar-refractivity contribution in [3.05, 3.63) is 48.5 Å². The number of aromatic nitrogens is 2. The molecule has 1 aromatic carbocycles. The number of rotatable bonds is 14. The van der Waals surface area contributed by atoms with E-state index in [1.54, 1.807) is 19.4 Å². The monoisotopic (exact) mass is 401 g/mol. The molecule has 158 valence electrons. The summed E-state index contributed by atoms with van der Waals surface area (Å²) in [6.07, 6.45) is 9.34. The van der Waals surface area contributed by atoms with Crippen LogP contribution in [0.5, 0.6) is 5.75 Å². The van der Waals surface area contributed by atoms with Crippen molar-refractivity contribution in [1.29, 1.82) is 0 Å². The Bertz CT molecular complexity index is 744. The molecule has 0 saturated carbocycles. The summed E-state index contributed by atoms with van der Waals surface area (Å²) in [5.41, 5.74) is 1.73. The predicted molar refractivity (Wildman–Crippen MR) is 112 cm³/mol. The van der Waals surface area contributed by atoms with Gasteiger partial charge in [0, 0.05) is 24.4 Å². The van der Waals surface area contributed by atoms with Crippen LogP contribution in [0.15, 0.2) is 48.1 Å². The number of hydrogen-bond donors (Lipinski definition) is 0. The molecule has 0 fully saturated rings. The van der Waals surface area contributed by atoms with E-state index >= 15 is 0 Å². The summed E-state index contributed by atoms with van der Waals surface area (Å²) in [6.45, 7) is 6.05. The molecule has 0 atom stereocenters. The van der Waals surface area contributed by atoms with Gasteiger partial charge in [-0.05, 0) is 38.3 Å². The van der Waals surface area contributed by atoms with Gasteiger partial charge in [0.25, 0.3) is 0 Å². The zero-order valence-electron chi connectivity index (χ0n) is 17.4. The van der Waals surface area contributed by atoms with E-state index in [1.165, 1.54) is 0 Å². The standard InChI is InChI=1S/C22H31N3O4/c1-3-5-14-28-20-10-8-9-19(16-20)21(17-25-13-12-23-18-25)24-29-15-7-6-11-22(26)27-4-2/h8-10,12-13,16,18H,3-7,11,14-15,17H2,1-2H3/b24-21+. The summed E-state index contributed by atoms with van der Waals surface area (Å²) >= 11 is 0. The molecule has 0 N–H and O–H groups in total. The number of ether oxygens (including phenoxy) is 2. The summed E-state index contributed by atoms with van der Waals surface area (Å²) in [7, 11) is 0. The number of imidazole rings is 1.